The van der Waals surface area contributed by atoms with Gasteiger partial charge in [0, 0.05) is 30.8 Å². The molecule has 1 aliphatic rings. The number of carbonyl (C=O) groups is 2. The molecule has 0 bridgehead atoms. The largest absolute Gasteiger partial charge is 0.371 e. The van der Waals surface area contributed by atoms with E-state index in [0.29, 0.717) is 12.3 Å². The van der Waals surface area contributed by atoms with Gasteiger partial charge in [-0.2, -0.15) is 0 Å². The predicted molar refractivity (Wildman–Crippen MR) is 75.3 cm³/mol. The van der Waals surface area contributed by atoms with Gasteiger partial charge >= 0.3 is 0 Å². The van der Waals surface area contributed by atoms with Gasteiger partial charge in [-0.15, -0.1) is 0 Å². The minimum absolute atomic E-state index is 0.220. The molecule has 0 aromatic heterocycles. The molecule has 1 fully saturated rings. The summed E-state index contributed by atoms with van der Waals surface area (Å²) < 4.78 is 0. The zero-order valence-corrected chi connectivity index (χ0v) is 11.3. The van der Waals surface area contributed by atoms with Gasteiger partial charge in [0.15, 0.2) is 6.29 Å². The summed E-state index contributed by atoms with van der Waals surface area (Å²) in [6.07, 6.45) is 3.30. The Morgan fingerprint density at radius 2 is 2.11 bits per heavy atom. The number of hydrogen-bond acceptors (Lipinski definition) is 3. The van der Waals surface area contributed by atoms with Crippen LogP contribution >= 0.6 is 0 Å². The van der Waals surface area contributed by atoms with Crippen LogP contribution in [0.1, 0.15) is 35.2 Å². The van der Waals surface area contributed by atoms with Crippen LogP contribution in [-0.2, 0) is 4.79 Å². The summed E-state index contributed by atoms with van der Waals surface area (Å²) in [5, 5.41) is 0. The van der Waals surface area contributed by atoms with E-state index in [1.165, 1.54) is 0 Å². The van der Waals surface area contributed by atoms with Gasteiger partial charge in [0.2, 0.25) is 5.91 Å². The Kier molecular flexibility index (Phi) is 4.20. The number of hydrogen-bond donors (Lipinski definition) is 1. The minimum Gasteiger partial charge on any atom is -0.371 e. The Bertz CT molecular complexity index is 477. The topological polar surface area (TPSA) is 63.4 Å². The lowest BCUT2D eigenvalue weighted by molar-refractivity contribution is -0.119. The third-order valence-electron chi connectivity index (χ3n) is 3.76. The molecule has 0 atom stereocenters. The smallest absolute Gasteiger partial charge is 0.217 e. The maximum absolute atomic E-state index is 11.1. The SMILES string of the molecule is Cc1ccc(N2CCC(CC(N)=O)CC2)c(C=O)c1. The van der Waals surface area contributed by atoms with E-state index in [9.17, 15) is 9.59 Å². The number of nitrogens with zero attached hydrogens (tertiary/aromatic N) is 1. The monoisotopic (exact) mass is 260 g/mol. The average molecular weight is 260 g/mol. The van der Waals surface area contributed by atoms with Crippen LogP contribution in [-0.4, -0.2) is 25.3 Å². The maximum atomic E-state index is 11.1. The van der Waals surface area contributed by atoms with Crippen LogP contribution < -0.4 is 10.6 Å². The minimum atomic E-state index is -0.220. The van der Waals surface area contributed by atoms with E-state index in [1.54, 1.807) is 0 Å². The molecule has 0 radical (unpaired) electrons. The average Bonchev–Trinajstić information content (AvgIpc) is 2.39. The summed E-state index contributed by atoms with van der Waals surface area (Å²) in [6.45, 7) is 3.74. The number of benzene rings is 1. The van der Waals surface area contributed by atoms with Gasteiger partial charge in [0.05, 0.1) is 0 Å². The first-order valence-corrected chi connectivity index (χ1v) is 6.69. The van der Waals surface area contributed by atoms with Crippen LogP contribution in [0, 0.1) is 12.8 Å². The van der Waals surface area contributed by atoms with Gasteiger partial charge in [-0.05, 0) is 37.8 Å². The number of anilines is 1. The zero-order valence-electron chi connectivity index (χ0n) is 11.3. The number of aldehydes is 1. The van der Waals surface area contributed by atoms with E-state index in [0.717, 1.165) is 49.0 Å². The highest BCUT2D eigenvalue weighted by atomic mass is 16.1. The number of amides is 1. The lowest BCUT2D eigenvalue weighted by atomic mass is 9.92. The van der Waals surface area contributed by atoms with Crippen molar-refractivity contribution in [2.75, 3.05) is 18.0 Å². The molecule has 1 saturated heterocycles. The van der Waals surface area contributed by atoms with Gasteiger partial charge in [-0.3, -0.25) is 9.59 Å². The molecule has 0 aliphatic carbocycles. The molecule has 4 nitrogen and oxygen atoms in total. The molecular weight excluding hydrogens is 240 g/mol. The molecule has 0 saturated carbocycles. The summed E-state index contributed by atoms with van der Waals surface area (Å²) in [7, 11) is 0. The molecule has 1 aliphatic heterocycles. The summed E-state index contributed by atoms with van der Waals surface area (Å²) in [5.41, 5.74) is 8.07. The molecule has 2 rings (SSSR count). The summed E-state index contributed by atoms with van der Waals surface area (Å²) in [4.78, 5) is 24.3. The Balaban J connectivity index is 2.05. The van der Waals surface area contributed by atoms with Crippen molar-refractivity contribution in [3.05, 3.63) is 29.3 Å². The first-order valence-electron chi connectivity index (χ1n) is 6.69. The summed E-state index contributed by atoms with van der Waals surface area (Å²) in [6, 6.07) is 5.95. The third-order valence-corrected chi connectivity index (χ3v) is 3.76. The van der Waals surface area contributed by atoms with Crippen LogP contribution in [0.5, 0.6) is 0 Å². The molecule has 1 aromatic rings. The van der Waals surface area contributed by atoms with Crippen molar-refractivity contribution in [3.63, 3.8) is 0 Å². The molecule has 4 heteroatoms. The highest BCUT2D eigenvalue weighted by Gasteiger charge is 2.22. The molecule has 1 aromatic carbocycles. The van der Waals surface area contributed by atoms with Crippen molar-refractivity contribution in [3.8, 4) is 0 Å². The lowest BCUT2D eigenvalue weighted by Crippen LogP contribution is -2.35. The van der Waals surface area contributed by atoms with Crippen LogP contribution in [0.25, 0.3) is 0 Å². The van der Waals surface area contributed by atoms with Crippen LogP contribution in [0.4, 0.5) is 5.69 Å². The lowest BCUT2D eigenvalue weighted by Gasteiger charge is -2.34. The fraction of sp³-hybridized carbons (Fsp3) is 0.467. The number of carbonyl (C=O) groups excluding carboxylic acids is 2. The van der Waals surface area contributed by atoms with Crippen molar-refractivity contribution >= 4 is 17.9 Å². The highest BCUT2D eigenvalue weighted by Crippen LogP contribution is 2.27. The van der Waals surface area contributed by atoms with E-state index >= 15 is 0 Å². The fourth-order valence-electron chi connectivity index (χ4n) is 2.72. The Hall–Kier alpha value is -1.84. The van der Waals surface area contributed by atoms with Crippen molar-refractivity contribution in [2.45, 2.75) is 26.2 Å². The normalized spacial score (nSPS) is 16.4. The molecule has 0 unspecified atom stereocenters. The summed E-state index contributed by atoms with van der Waals surface area (Å²) >= 11 is 0. The van der Waals surface area contributed by atoms with Crippen LogP contribution in [0.15, 0.2) is 18.2 Å². The third kappa shape index (κ3) is 3.34. The molecule has 102 valence electrons. The quantitative estimate of drug-likeness (QED) is 0.841. The Morgan fingerprint density at radius 1 is 1.42 bits per heavy atom. The predicted octanol–water partition coefficient (Wildman–Crippen LogP) is 1.90. The molecule has 1 amide bonds. The number of piperidine rings is 1. The summed E-state index contributed by atoms with van der Waals surface area (Å²) in [5.74, 6) is 0.168. The van der Waals surface area contributed by atoms with E-state index in [2.05, 4.69) is 4.90 Å². The second-order valence-corrected chi connectivity index (χ2v) is 5.28. The zero-order chi connectivity index (χ0) is 13.8. The number of nitrogens with two attached hydrogens (primary N) is 1. The Labute approximate surface area is 113 Å². The molecule has 0 spiro atoms. The standard InChI is InChI=1S/C15H20N2O2/c1-11-2-3-14(13(8-11)10-18)17-6-4-12(5-7-17)9-15(16)19/h2-3,8,10,12H,4-7,9H2,1H3,(H2,16,19). The van der Waals surface area contributed by atoms with Gasteiger partial charge in [-0.1, -0.05) is 11.6 Å². The Morgan fingerprint density at radius 3 is 2.68 bits per heavy atom. The van der Waals surface area contributed by atoms with E-state index in [1.807, 2.05) is 25.1 Å². The van der Waals surface area contributed by atoms with Crippen LogP contribution in [0.2, 0.25) is 0 Å². The highest BCUT2D eigenvalue weighted by molar-refractivity contribution is 5.85. The van der Waals surface area contributed by atoms with Crippen molar-refractivity contribution in [1.82, 2.24) is 0 Å². The number of aryl methyl sites for hydroxylation is 1. The first kappa shape index (κ1) is 13.6. The maximum Gasteiger partial charge on any atom is 0.217 e. The van der Waals surface area contributed by atoms with Gasteiger partial charge in [0.1, 0.15) is 0 Å². The van der Waals surface area contributed by atoms with Gasteiger partial charge in [0.25, 0.3) is 0 Å². The van der Waals surface area contributed by atoms with E-state index in [-0.39, 0.29) is 5.91 Å². The van der Waals surface area contributed by atoms with Gasteiger partial charge < -0.3 is 10.6 Å². The van der Waals surface area contributed by atoms with Crippen molar-refractivity contribution < 1.29 is 9.59 Å². The van der Waals surface area contributed by atoms with Gasteiger partial charge in [-0.25, -0.2) is 0 Å². The van der Waals surface area contributed by atoms with Crippen molar-refractivity contribution in [1.29, 1.82) is 0 Å². The van der Waals surface area contributed by atoms with Crippen molar-refractivity contribution in [2.24, 2.45) is 11.7 Å². The molecule has 1 heterocycles. The molecule has 2 N–H and O–H groups in total. The second kappa shape index (κ2) is 5.87. The molecule has 19 heavy (non-hydrogen) atoms. The van der Waals surface area contributed by atoms with E-state index in [4.69, 9.17) is 5.73 Å². The second-order valence-electron chi connectivity index (χ2n) is 5.28. The van der Waals surface area contributed by atoms with Crippen LogP contribution in [0.3, 0.4) is 0 Å². The van der Waals surface area contributed by atoms with E-state index < -0.39 is 0 Å². The molecular formula is C15H20N2O2. The first-order chi connectivity index (χ1) is 9.10. The number of primary amides is 1. The fourth-order valence-corrected chi connectivity index (χ4v) is 2.72. The number of rotatable bonds is 4.